The first-order valence-corrected chi connectivity index (χ1v) is 6.21. The zero-order chi connectivity index (χ0) is 10.6. The molecule has 0 heterocycles. The summed E-state index contributed by atoms with van der Waals surface area (Å²) in [4.78, 5) is 10.9. The standard InChI is InChI=1S/C11H18O2S/c1-3-5-6-7-14-9-8-11(9,4-2)10(12)13/h4,9H,2-3,5-8H2,1H3,(H,12,13). The van der Waals surface area contributed by atoms with E-state index >= 15 is 0 Å². The van der Waals surface area contributed by atoms with E-state index in [0.717, 1.165) is 12.2 Å². The van der Waals surface area contributed by atoms with E-state index in [2.05, 4.69) is 13.5 Å². The van der Waals surface area contributed by atoms with Crippen LogP contribution in [-0.4, -0.2) is 22.1 Å². The van der Waals surface area contributed by atoms with Crippen LogP contribution >= 0.6 is 11.8 Å². The SMILES string of the molecule is C=CC1(C(=O)O)CC1SCCCCC. The average Bonchev–Trinajstić information content (AvgIpc) is 2.88. The van der Waals surface area contributed by atoms with Gasteiger partial charge in [0.25, 0.3) is 0 Å². The van der Waals surface area contributed by atoms with Gasteiger partial charge in [-0.25, -0.2) is 0 Å². The maximum absolute atomic E-state index is 10.9. The van der Waals surface area contributed by atoms with Crippen LogP contribution in [0.15, 0.2) is 12.7 Å². The molecule has 1 N–H and O–H groups in total. The third-order valence-electron chi connectivity index (χ3n) is 2.77. The molecule has 0 radical (unpaired) electrons. The minimum absolute atomic E-state index is 0.273. The molecule has 2 unspecified atom stereocenters. The van der Waals surface area contributed by atoms with Crippen molar-refractivity contribution >= 4 is 17.7 Å². The summed E-state index contributed by atoms with van der Waals surface area (Å²) in [6, 6.07) is 0. The van der Waals surface area contributed by atoms with Crippen LogP contribution < -0.4 is 0 Å². The molecular formula is C11H18O2S. The highest BCUT2D eigenvalue weighted by Crippen LogP contribution is 2.55. The number of carbonyl (C=O) groups is 1. The molecule has 0 saturated heterocycles. The predicted octanol–water partition coefficient (Wildman–Crippen LogP) is 2.94. The topological polar surface area (TPSA) is 37.3 Å². The molecule has 80 valence electrons. The first kappa shape index (κ1) is 11.6. The van der Waals surface area contributed by atoms with E-state index in [1.807, 2.05) is 0 Å². The second-order valence-corrected chi connectivity index (χ2v) is 5.13. The summed E-state index contributed by atoms with van der Waals surface area (Å²) < 4.78 is 0. The lowest BCUT2D eigenvalue weighted by Gasteiger charge is -2.05. The van der Waals surface area contributed by atoms with Crippen LogP contribution in [0.3, 0.4) is 0 Å². The lowest BCUT2D eigenvalue weighted by atomic mass is 10.1. The molecule has 0 aromatic carbocycles. The fourth-order valence-electron chi connectivity index (χ4n) is 1.56. The highest BCUT2D eigenvalue weighted by atomic mass is 32.2. The minimum Gasteiger partial charge on any atom is -0.481 e. The first-order chi connectivity index (χ1) is 6.67. The zero-order valence-electron chi connectivity index (χ0n) is 8.66. The number of hydrogen-bond donors (Lipinski definition) is 1. The molecule has 1 fully saturated rings. The van der Waals surface area contributed by atoms with E-state index < -0.39 is 11.4 Å². The Balaban J connectivity index is 2.23. The van der Waals surface area contributed by atoms with Crippen LogP contribution in [0.2, 0.25) is 0 Å². The Morgan fingerprint density at radius 1 is 1.71 bits per heavy atom. The molecule has 0 aliphatic heterocycles. The highest BCUT2D eigenvalue weighted by molar-refractivity contribution is 8.00. The van der Waals surface area contributed by atoms with Gasteiger partial charge in [0.05, 0.1) is 5.41 Å². The van der Waals surface area contributed by atoms with Crippen LogP contribution in [0.4, 0.5) is 0 Å². The normalized spacial score (nSPS) is 29.9. The van der Waals surface area contributed by atoms with Crippen LogP contribution in [-0.2, 0) is 4.79 Å². The number of carboxylic acids is 1. The molecular weight excluding hydrogens is 196 g/mol. The van der Waals surface area contributed by atoms with Crippen molar-refractivity contribution in [2.75, 3.05) is 5.75 Å². The Labute approximate surface area is 89.8 Å². The fourth-order valence-corrected chi connectivity index (χ4v) is 3.10. The molecule has 1 saturated carbocycles. The molecule has 0 aromatic heterocycles. The van der Waals surface area contributed by atoms with Gasteiger partial charge in [-0.2, -0.15) is 11.8 Å². The lowest BCUT2D eigenvalue weighted by Crippen LogP contribution is -2.15. The summed E-state index contributed by atoms with van der Waals surface area (Å²) in [5.41, 5.74) is -0.600. The summed E-state index contributed by atoms with van der Waals surface area (Å²) in [5, 5.41) is 9.26. The van der Waals surface area contributed by atoms with Gasteiger partial charge < -0.3 is 5.11 Å². The van der Waals surface area contributed by atoms with Crippen molar-refractivity contribution < 1.29 is 9.90 Å². The van der Waals surface area contributed by atoms with Gasteiger partial charge in [0.1, 0.15) is 0 Å². The molecule has 0 amide bonds. The van der Waals surface area contributed by atoms with Crippen molar-refractivity contribution in [1.29, 1.82) is 0 Å². The molecule has 0 bridgehead atoms. The van der Waals surface area contributed by atoms with Gasteiger partial charge in [0.15, 0.2) is 0 Å². The lowest BCUT2D eigenvalue weighted by molar-refractivity contribution is -0.141. The second kappa shape index (κ2) is 4.87. The van der Waals surface area contributed by atoms with Crippen LogP contribution in [0.1, 0.15) is 32.6 Å². The van der Waals surface area contributed by atoms with E-state index in [1.165, 1.54) is 19.3 Å². The summed E-state index contributed by atoms with van der Waals surface area (Å²) in [7, 11) is 0. The third-order valence-corrected chi connectivity index (χ3v) is 4.28. The molecule has 14 heavy (non-hydrogen) atoms. The average molecular weight is 214 g/mol. The Kier molecular flexibility index (Phi) is 4.05. The van der Waals surface area contributed by atoms with Crippen LogP contribution in [0.5, 0.6) is 0 Å². The van der Waals surface area contributed by atoms with Gasteiger partial charge in [-0.15, -0.1) is 6.58 Å². The van der Waals surface area contributed by atoms with Gasteiger partial charge >= 0.3 is 5.97 Å². The smallest absolute Gasteiger partial charge is 0.314 e. The van der Waals surface area contributed by atoms with Gasteiger partial charge in [0.2, 0.25) is 0 Å². The predicted molar refractivity (Wildman–Crippen MR) is 60.7 cm³/mol. The quantitative estimate of drug-likeness (QED) is 0.523. The number of thioether (sulfide) groups is 1. The molecule has 0 aromatic rings. The number of carboxylic acid groups (broad SMARTS) is 1. The first-order valence-electron chi connectivity index (χ1n) is 5.16. The van der Waals surface area contributed by atoms with E-state index in [0.29, 0.717) is 0 Å². The minimum atomic E-state index is -0.708. The number of rotatable bonds is 7. The van der Waals surface area contributed by atoms with Crippen molar-refractivity contribution in [2.24, 2.45) is 5.41 Å². The van der Waals surface area contributed by atoms with Crippen LogP contribution in [0.25, 0.3) is 0 Å². The van der Waals surface area contributed by atoms with Gasteiger partial charge in [0, 0.05) is 5.25 Å². The summed E-state index contributed by atoms with van der Waals surface area (Å²) in [5.74, 6) is 0.377. The van der Waals surface area contributed by atoms with E-state index in [1.54, 1.807) is 17.8 Å². The maximum Gasteiger partial charge on any atom is 0.314 e. The van der Waals surface area contributed by atoms with Crippen molar-refractivity contribution in [2.45, 2.75) is 37.9 Å². The van der Waals surface area contributed by atoms with Crippen molar-refractivity contribution in [1.82, 2.24) is 0 Å². The van der Waals surface area contributed by atoms with E-state index in [9.17, 15) is 4.79 Å². The Hall–Kier alpha value is -0.440. The molecule has 1 rings (SSSR count). The molecule has 2 nitrogen and oxygen atoms in total. The number of hydrogen-bond acceptors (Lipinski definition) is 2. The van der Waals surface area contributed by atoms with E-state index in [-0.39, 0.29) is 5.25 Å². The van der Waals surface area contributed by atoms with E-state index in [4.69, 9.17) is 5.11 Å². The molecule has 3 heteroatoms. The number of aliphatic carboxylic acids is 1. The van der Waals surface area contributed by atoms with Crippen molar-refractivity contribution in [3.05, 3.63) is 12.7 Å². The maximum atomic E-state index is 10.9. The van der Waals surface area contributed by atoms with Crippen molar-refractivity contribution in [3.63, 3.8) is 0 Å². The molecule has 1 aliphatic carbocycles. The summed E-state index contributed by atoms with van der Waals surface area (Å²) >= 11 is 1.79. The summed E-state index contributed by atoms with van der Waals surface area (Å²) in [6.07, 6.45) is 6.03. The summed E-state index contributed by atoms with van der Waals surface area (Å²) in [6.45, 7) is 5.79. The Bertz CT molecular complexity index is 227. The fraction of sp³-hybridized carbons (Fsp3) is 0.727. The highest BCUT2D eigenvalue weighted by Gasteiger charge is 2.58. The zero-order valence-corrected chi connectivity index (χ0v) is 9.48. The van der Waals surface area contributed by atoms with Gasteiger partial charge in [-0.3, -0.25) is 4.79 Å². The van der Waals surface area contributed by atoms with Gasteiger partial charge in [-0.1, -0.05) is 25.8 Å². The second-order valence-electron chi connectivity index (χ2n) is 3.82. The molecule has 1 aliphatic rings. The van der Waals surface area contributed by atoms with Crippen LogP contribution in [0, 0.1) is 5.41 Å². The molecule has 2 atom stereocenters. The van der Waals surface area contributed by atoms with Crippen molar-refractivity contribution in [3.8, 4) is 0 Å². The monoisotopic (exact) mass is 214 g/mol. The molecule has 0 spiro atoms. The Morgan fingerprint density at radius 3 is 2.86 bits per heavy atom. The largest absolute Gasteiger partial charge is 0.481 e. The Morgan fingerprint density at radius 2 is 2.43 bits per heavy atom. The third kappa shape index (κ3) is 2.32. The number of unbranched alkanes of at least 4 members (excludes halogenated alkanes) is 2. The van der Waals surface area contributed by atoms with Gasteiger partial charge in [-0.05, 0) is 18.6 Å².